The number of nitrogens with two attached hydrogens (primary N) is 2. The monoisotopic (exact) mass is 264 g/mol. The number of carbonyl (C=O) groups is 3. The minimum absolute atomic E-state index is 0.0948. The van der Waals surface area contributed by atoms with E-state index in [1.165, 1.54) is 0 Å². The van der Waals surface area contributed by atoms with Crippen molar-refractivity contribution in [2.45, 2.75) is 24.8 Å². The summed E-state index contributed by atoms with van der Waals surface area (Å²) in [6, 6.07) is 8.67. The quantitative estimate of drug-likeness (QED) is 0.591. The first kappa shape index (κ1) is 14.8. The lowest BCUT2D eigenvalue weighted by atomic mass is 9.86. The van der Waals surface area contributed by atoms with Crippen LogP contribution in [0.2, 0.25) is 0 Å². The van der Waals surface area contributed by atoms with Crippen molar-refractivity contribution in [3.05, 3.63) is 35.9 Å². The smallest absolute Gasteiger partial charge is 0.331 e. The molecule has 1 atom stereocenters. The van der Waals surface area contributed by atoms with Crippen LogP contribution in [-0.4, -0.2) is 28.3 Å². The summed E-state index contributed by atoms with van der Waals surface area (Å²) in [6.07, 6.45) is -0.644. The number of carboxylic acids is 1. The van der Waals surface area contributed by atoms with Crippen molar-refractivity contribution in [2.75, 3.05) is 0 Å². The van der Waals surface area contributed by atoms with Gasteiger partial charge in [-0.05, 0) is 12.0 Å². The average molecular weight is 264 g/mol. The Kier molecular flexibility index (Phi) is 4.77. The first-order valence-electron chi connectivity index (χ1n) is 5.74. The van der Waals surface area contributed by atoms with Gasteiger partial charge < -0.3 is 16.6 Å². The van der Waals surface area contributed by atoms with Crippen LogP contribution in [0.15, 0.2) is 30.3 Å². The highest BCUT2D eigenvalue weighted by Gasteiger charge is 2.41. The molecule has 0 unspecified atom stereocenters. The zero-order chi connectivity index (χ0) is 14.5. The predicted octanol–water partition coefficient (Wildman–Crippen LogP) is -0.154. The third-order valence-corrected chi connectivity index (χ3v) is 2.85. The molecule has 102 valence electrons. The van der Waals surface area contributed by atoms with Crippen LogP contribution < -0.4 is 11.5 Å². The Morgan fingerprint density at radius 2 is 1.74 bits per heavy atom. The minimum Gasteiger partial charge on any atom is -0.480 e. The van der Waals surface area contributed by atoms with Crippen molar-refractivity contribution in [2.24, 2.45) is 11.5 Å². The molecule has 0 spiro atoms. The van der Waals surface area contributed by atoms with Crippen molar-refractivity contribution in [3.63, 3.8) is 0 Å². The molecule has 6 nitrogen and oxygen atoms in total. The molecule has 0 fully saturated rings. The van der Waals surface area contributed by atoms with E-state index < -0.39 is 23.2 Å². The lowest BCUT2D eigenvalue weighted by molar-refractivity contribution is -0.148. The first-order chi connectivity index (χ1) is 8.86. The number of aliphatic carboxylic acids is 1. The number of rotatable bonds is 7. The van der Waals surface area contributed by atoms with Crippen LogP contribution in [0.25, 0.3) is 0 Å². The Bertz CT molecular complexity index is 487. The van der Waals surface area contributed by atoms with Gasteiger partial charge in [-0.25, -0.2) is 4.79 Å². The summed E-state index contributed by atoms with van der Waals surface area (Å²) in [5.74, 6) is -2.79. The van der Waals surface area contributed by atoms with Gasteiger partial charge in [0.15, 0.2) is 11.3 Å². The molecule has 1 rings (SSSR count). The highest BCUT2D eigenvalue weighted by molar-refractivity contribution is 6.08. The molecule has 0 heterocycles. The van der Waals surface area contributed by atoms with Crippen molar-refractivity contribution in [3.8, 4) is 0 Å². The maximum atomic E-state index is 12.0. The van der Waals surface area contributed by atoms with Crippen LogP contribution in [0.5, 0.6) is 0 Å². The maximum Gasteiger partial charge on any atom is 0.331 e. The van der Waals surface area contributed by atoms with Crippen LogP contribution in [0.1, 0.15) is 18.4 Å². The summed E-state index contributed by atoms with van der Waals surface area (Å²) < 4.78 is 0. The maximum absolute atomic E-state index is 12.0. The fourth-order valence-electron chi connectivity index (χ4n) is 1.62. The number of carboxylic acid groups (broad SMARTS) is 1. The number of primary amides is 1. The fraction of sp³-hybridized carbons (Fsp3) is 0.308. The average Bonchev–Trinajstić information content (AvgIpc) is 2.36. The second-order valence-corrected chi connectivity index (χ2v) is 4.33. The molecule has 0 radical (unpaired) electrons. The highest BCUT2D eigenvalue weighted by atomic mass is 16.4. The lowest BCUT2D eigenvalue weighted by Crippen LogP contribution is -2.56. The van der Waals surface area contributed by atoms with Gasteiger partial charge in [0.05, 0.1) is 0 Å². The van der Waals surface area contributed by atoms with E-state index in [1.54, 1.807) is 30.3 Å². The zero-order valence-electron chi connectivity index (χ0n) is 10.3. The molecular formula is C13H16N2O4. The van der Waals surface area contributed by atoms with E-state index in [9.17, 15) is 14.4 Å². The molecule has 0 aliphatic carbocycles. The van der Waals surface area contributed by atoms with Gasteiger partial charge in [-0.2, -0.15) is 0 Å². The number of Topliss-reactive ketones (excluding diaryl/α,β-unsaturated/α-hetero) is 1. The minimum atomic E-state index is -2.08. The van der Waals surface area contributed by atoms with Gasteiger partial charge in [0.25, 0.3) is 0 Å². The van der Waals surface area contributed by atoms with Gasteiger partial charge in [0.2, 0.25) is 5.91 Å². The van der Waals surface area contributed by atoms with Crippen LogP contribution in [0, 0.1) is 0 Å². The molecule has 19 heavy (non-hydrogen) atoms. The van der Waals surface area contributed by atoms with Gasteiger partial charge in [-0.3, -0.25) is 9.59 Å². The summed E-state index contributed by atoms with van der Waals surface area (Å²) in [5, 5.41) is 9.10. The summed E-state index contributed by atoms with van der Waals surface area (Å²) in [7, 11) is 0. The SMILES string of the molecule is NC(=O)CC[C@](N)(C(=O)O)C(=O)Cc1ccccc1. The Balaban J connectivity index is 2.84. The van der Waals surface area contributed by atoms with E-state index in [-0.39, 0.29) is 19.3 Å². The van der Waals surface area contributed by atoms with Crippen LogP contribution >= 0.6 is 0 Å². The Morgan fingerprint density at radius 3 is 2.21 bits per heavy atom. The summed E-state index contributed by atoms with van der Waals surface area (Å²) in [5.41, 5.74) is 9.17. The number of ketones is 1. The molecule has 5 N–H and O–H groups in total. The molecule has 0 saturated heterocycles. The number of carbonyl (C=O) groups excluding carboxylic acids is 2. The Hall–Kier alpha value is -2.21. The second-order valence-electron chi connectivity index (χ2n) is 4.33. The molecule has 0 aliphatic rings. The van der Waals surface area contributed by atoms with E-state index in [4.69, 9.17) is 16.6 Å². The number of benzene rings is 1. The van der Waals surface area contributed by atoms with E-state index in [0.717, 1.165) is 0 Å². The van der Waals surface area contributed by atoms with Crippen LogP contribution in [-0.2, 0) is 20.8 Å². The largest absolute Gasteiger partial charge is 0.480 e. The molecule has 1 aromatic rings. The molecule has 0 bridgehead atoms. The van der Waals surface area contributed by atoms with Crippen LogP contribution in [0.4, 0.5) is 0 Å². The summed E-state index contributed by atoms with van der Waals surface area (Å²) in [6.45, 7) is 0. The third kappa shape index (κ3) is 3.89. The number of hydrogen-bond donors (Lipinski definition) is 3. The lowest BCUT2D eigenvalue weighted by Gasteiger charge is -2.22. The second kappa shape index (κ2) is 6.10. The van der Waals surface area contributed by atoms with Crippen LogP contribution in [0.3, 0.4) is 0 Å². The molecule has 1 amide bonds. The normalized spacial score (nSPS) is 13.5. The van der Waals surface area contributed by atoms with Crippen molar-refractivity contribution in [1.29, 1.82) is 0 Å². The van der Waals surface area contributed by atoms with Crippen molar-refractivity contribution < 1.29 is 19.5 Å². The number of hydrogen-bond acceptors (Lipinski definition) is 4. The van der Waals surface area contributed by atoms with Gasteiger partial charge in [0.1, 0.15) is 0 Å². The van der Waals surface area contributed by atoms with Gasteiger partial charge in [-0.1, -0.05) is 30.3 Å². The molecule has 1 aromatic carbocycles. The Morgan fingerprint density at radius 1 is 1.16 bits per heavy atom. The Labute approximate surface area is 110 Å². The predicted molar refractivity (Wildman–Crippen MR) is 68.1 cm³/mol. The van der Waals surface area contributed by atoms with Gasteiger partial charge in [0, 0.05) is 12.8 Å². The topological polar surface area (TPSA) is 123 Å². The first-order valence-corrected chi connectivity index (χ1v) is 5.74. The van der Waals surface area contributed by atoms with E-state index in [0.29, 0.717) is 5.56 Å². The van der Waals surface area contributed by atoms with Crippen molar-refractivity contribution in [1.82, 2.24) is 0 Å². The van der Waals surface area contributed by atoms with Gasteiger partial charge >= 0.3 is 5.97 Å². The van der Waals surface area contributed by atoms with Crippen molar-refractivity contribution >= 4 is 17.7 Å². The molecule has 0 saturated carbocycles. The van der Waals surface area contributed by atoms with E-state index >= 15 is 0 Å². The standard InChI is InChI=1S/C13H16N2O4/c14-11(17)6-7-13(15,12(18)19)10(16)8-9-4-2-1-3-5-9/h1-5H,6-8,15H2,(H2,14,17)(H,18,19)/t13-/m1/s1. The summed E-state index contributed by atoms with van der Waals surface area (Å²) in [4.78, 5) is 33.9. The fourth-order valence-corrected chi connectivity index (χ4v) is 1.62. The highest BCUT2D eigenvalue weighted by Crippen LogP contribution is 2.15. The third-order valence-electron chi connectivity index (χ3n) is 2.85. The van der Waals surface area contributed by atoms with E-state index in [1.807, 2.05) is 0 Å². The van der Waals surface area contributed by atoms with E-state index in [2.05, 4.69) is 0 Å². The molecule has 0 aliphatic heterocycles. The summed E-state index contributed by atoms with van der Waals surface area (Å²) >= 11 is 0. The molecule has 0 aromatic heterocycles. The zero-order valence-corrected chi connectivity index (χ0v) is 10.3. The molecule has 6 heteroatoms. The number of amides is 1. The molecular weight excluding hydrogens is 248 g/mol. The van der Waals surface area contributed by atoms with Gasteiger partial charge in [-0.15, -0.1) is 0 Å².